The SMILES string of the molecule is Cn1cc([C@H]2CNC[C@@H]2C(=O)N2CCCCCC2c2ccccc2)cn1. The van der Waals surface area contributed by atoms with Crippen LogP contribution < -0.4 is 5.32 Å². The number of hydrogen-bond acceptors (Lipinski definition) is 3. The lowest BCUT2D eigenvalue weighted by Crippen LogP contribution is -2.41. The summed E-state index contributed by atoms with van der Waals surface area (Å²) in [5, 5.41) is 7.74. The molecule has 1 aromatic carbocycles. The minimum atomic E-state index is 0.00325. The zero-order valence-corrected chi connectivity index (χ0v) is 15.5. The van der Waals surface area contributed by atoms with Crippen molar-refractivity contribution in [3.8, 4) is 0 Å². The molecular weight excluding hydrogens is 324 g/mol. The third kappa shape index (κ3) is 3.40. The molecule has 4 rings (SSSR count). The van der Waals surface area contributed by atoms with E-state index in [9.17, 15) is 4.79 Å². The quantitative estimate of drug-likeness (QED) is 0.924. The molecule has 5 heteroatoms. The van der Waals surface area contributed by atoms with Gasteiger partial charge in [0, 0.05) is 38.8 Å². The van der Waals surface area contributed by atoms with Crippen LogP contribution in [0.15, 0.2) is 42.7 Å². The summed E-state index contributed by atoms with van der Waals surface area (Å²) in [5.74, 6) is 0.527. The van der Waals surface area contributed by atoms with E-state index in [1.165, 1.54) is 24.0 Å². The van der Waals surface area contributed by atoms with Crippen molar-refractivity contribution < 1.29 is 4.79 Å². The van der Waals surface area contributed by atoms with Crippen molar-refractivity contribution in [2.75, 3.05) is 19.6 Å². The molecule has 0 saturated carbocycles. The molecule has 138 valence electrons. The lowest BCUT2D eigenvalue weighted by Gasteiger charge is -2.33. The highest BCUT2D eigenvalue weighted by molar-refractivity contribution is 5.81. The molecule has 1 amide bonds. The Bertz CT molecular complexity index is 741. The van der Waals surface area contributed by atoms with Crippen LogP contribution in [0.1, 0.15) is 48.8 Å². The van der Waals surface area contributed by atoms with Crippen molar-refractivity contribution in [2.45, 2.75) is 37.6 Å². The number of carbonyl (C=O) groups is 1. The molecular formula is C21H28N4O. The molecule has 2 saturated heterocycles. The summed E-state index contributed by atoms with van der Waals surface area (Å²) in [6.07, 6.45) is 8.53. The molecule has 26 heavy (non-hydrogen) atoms. The second-order valence-electron chi connectivity index (χ2n) is 7.63. The molecule has 5 nitrogen and oxygen atoms in total. The second-order valence-corrected chi connectivity index (χ2v) is 7.63. The summed E-state index contributed by atoms with van der Waals surface area (Å²) >= 11 is 0. The van der Waals surface area contributed by atoms with Gasteiger partial charge in [-0.1, -0.05) is 43.2 Å². The molecule has 1 unspecified atom stereocenters. The van der Waals surface area contributed by atoms with Crippen molar-refractivity contribution in [3.63, 3.8) is 0 Å². The van der Waals surface area contributed by atoms with Crippen molar-refractivity contribution >= 4 is 5.91 Å². The van der Waals surface area contributed by atoms with Gasteiger partial charge in [0.25, 0.3) is 0 Å². The van der Waals surface area contributed by atoms with Crippen LogP contribution in [0.3, 0.4) is 0 Å². The molecule has 2 aromatic rings. The Morgan fingerprint density at radius 1 is 1.12 bits per heavy atom. The Balaban J connectivity index is 1.59. The van der Waals surface area contributed by atoms with Crippen LogP contribution >= 0.6 is 0 Å². The minimum Gasteiger partial charge on any atom is -0.335 e. The molecule has 0 radical (unpaired) electrons. The van der Waals surface area contributed by atoms with Gasteiger partial charge in [0.2, 0.25) is 5.91 Å². The van der Waals surface area contributed by atoms with Crippen molar-refractivity contribution in [2.24, 2.45) is 13.0 Å². The number of nitrogens with zero attached hydrogens (tertiary/aromatic N) is 3. The maximum atomic E-state index is 13.6. The number of carbonyl (C=O) groups excluding carboxylic acids is 1. The van der Waals surface area contributed by atoms with Gasteiger partial charge in [0.05, 0.1) is 18.2 Å². The van der Waals surface area contributed by atoms with Gasteiger partial charge in [-0.15, -0.1) is 0 Å². The number of aromatic nitrogens is 2. The first-order chi connectivity index (χ1) is 12.7. The molecule has 0 spiro atoms. The maximum Gasteiger partial charge on any atom is 0.228 e. The van der Waals surface area contributed by atoms with E-state index < -0.39 is 0 Å². The van der Waals surface area contributed by atoms with Gasteiger partial charge < -0.3 is 10.2 Å². The van der Waals surface area contributed by atoms with E-state index in [0.29, 0.717) is 5.91 Å². The highest BCUT2D eigenvalue weighted by atomic mass is 16.2. The Morgan fingerprint density at radius 2 is 1.96 bits per heavy atom. The summed E-state index contributed by atoms with van der Waals surface area (Å²) in [5.41, 5.74) is 2.44. The number of hydrogen-bond donors (Lipinski definition) is 1. The van der Waals surface area contributed by atoms with Gasteiger partial charge in [0.15, 0.2) is 0 Å². The number of amides is 1. The Labute approximate surface area is 155 Å². The number of nitrogens with one attached hydrogen (secondary N) is 1. The van der Waals surface area contributed by atoms with E-state index in [0.717, 1.165) is 32.5 Å². The number of aryl methyl sites for hydroxylation is 1. The highest BCUT2D eigenvalue weighted by Gasteiger charge is 2.39. The highest BCUT2D eigenvalue weighted by Crippen LogP contribution is 2.35. The van der Waals surface area contributed by atoms with E-state index in [-0.39, 0.29) is 17.9 Å². The first-order valence-electron chi connectivity index (χ1n) is 9.79. The second kappa shape index (κ2) is 7.62. The van der Waals surface area contributed by atoms with E-state index in [2.05, 4.69) is 45.8 Å². The third-order valence-corrected chi connectivity index (χ3v) is 5.90. The summed E-state index contributed by atoms with van der Waals surface area (Å²) < 4.78 is 1.83. The number of benzene rings is 1. The predicted octanol–water partition coefficient (Wildman–Crippen LogP) is 2.87. The fourth-order valence-corrected chi connectivity index (χ4v) is 4.53. The zero-order valence-electron chi connectivity index (χ0n) is 15.5. The van der Waals surface area contributed by atoms with Gasteiger partial charge in [-0.3, -0.25) is 9.48 Å². The Hall–Kier alpha value is -2.14. The fraction of sp³-hybridized carbons (Fsp3) is 0.524. The standard InChI is InChI=1S/C21H28N4O/c1-24-15-17(12-23-24)18-13-22-14-19(18)21(26)25-11-7-3-6-10-20(25)16-8-4-2-5-9-16/h2,4-5,8-9,12,15,18-20,22H,3,6-7,10-11,13-14H2,1H3/t18-,19+,20?/m1/s1. The van der Waals surface area contributed by atoms with Gasteiger partial charge in [-0.05, 0) is 24.0 Å². The average Bonchev–Trinajstić information content (AvgIpc) is 3.24. The van der Waals surface area contributed by atoms with Crippen molar-refractivity contribution in [3.05, 3.63) is 53.9 Å². The first kappa shape index (κ1) is 17.3. The van der Waals surface area contributed by atoms with E-state index in [1.54, 1.807) is 0 Å². The zero-order chi connectivity index (χ0) is 17.9. The molecule has 2 fully saturated rings. The van der Waals surface area contributed by atoms with Gasteiger partial charge in [-0.2, -0.15) is 5.10 Å². The van der Waals surface area contributed by atoms with Gasteiger partial charge >= 0.3 is 0 Å². The van der Waals surface area contributed by atoms with Gasteiger partial charge in [0.1, 0.15) is 0 Å². The van der Waals surface area contributed by atoms with Crippen molar-refractivity contribution in [1.29, 1.82) is 0 Å². The van der Waals surface area contributed by atoms with E-state index >= 15 is 0 Å². The molecule has 2 aliphatic heterocycles. The minimum absolute atomic E-state index is 0.00325. The van der Waals surface area contributed by atoms with Crippen LogP contribution in [0.5, 0.6) is 0 Å². The molecule has 0 aliphatic carbocycles. The lowest BCUT2D eigenvalue weighted by molar-refractivity contribution is -0.137. The van der Waals surface area contributed by atoms with E-state index in [4.69, 9.17) is 0 Å². The van der Waals surface area contributed by atoms with Crippen LogP contribution in [0, 0.1) is 5.92 Å². The normalized spacial score (nSPS) is 26.7. The predicted molar refractivity (Wildman–Crippen MR) is 102 cm³/mol. The monoisotopic (exact) mass is 352 g/mol. The summed E-state index contributed by atoms with van der Waals surface area (Å²) in [7, 11) is 1.93. The molecule has 2 aliphatic rings. The molecule has 3 atom stereocenters. The summed E-state index contributed by atoms with van der Waals surface area (Å²) in [4.78, 5) is 15.8. The van der Waals surface area contributed by atoms with Gasteiger partial charge in [-0.25, -0.2) is 0 Å². The van der Waals surface area contributed by atoms with Crippen LogP contribution in [-0.4, -0.2) is 40.2 Å². The first-order valence-corrected chi connectivity index (χ1v) is 9.79. The van der Waals surface area contributed by atoms with Crippen LogP contribution in [0.2, 0.25) is 0 Å². The van der Waals surface area contributed by atoms with Crippen LogP contribution in [-0.2, 0) is 11.8 Å². The molecule has 1 N–H and O–H groups in total. The molecule has 3 heterocycles. The maximum absolute atomic E-state index is 13.6. The van der Waals surface area contributed by atoms with Crippen LogP contribution in [0.4, 0.5) is 0 Å². The lowest BCUT2D eigenvalue weighted by atomic mass is 9.88. The molecule has 0 bridgehead atoms. The summed E-state index contributed by atoms with van der Waals surface area (Å²) in [6, 6.07) is 10.8. The largest absolute Gasteiger partial charge is 0.335 e. The topological polar surface area (TPSA) is 50.2 Å². The third-order valence-electron chi connectivity index (χ3n) is 5.90. The van der Waals surface area contributed by atoms with Crippen LogP contribution in [0.25, 0.3) is 0 Å². The summed E-state index contributed by atoms with van der Waals surface area (Å²) in [6.45, 7) is 2.48. The number of rotatable bonds is 3. The smallest absolute Gasteiger partial charge is 0.228 e. The van der Waals surface area contributed by atoms with E-state index in [1.807, 2.05) is 24.0 Å². The Morgan fingerprint density at radius 3 is 2.73 bits per heavy atom. The fourth-order valence-electron chi connectivity index (χ4n) is 4.53. The molecule has 1 aromatic heterocycles. The average molecular weight is 352 g/mol. The number of likely N-dealkylation sites (tertiary alicyclic amines) is 1. The van der Waals surface area contributed by atoms with Crippen molar-refractivity contribution in [1.82, 2.24) is 20.0 Å². The Kier molecular flexibility index (Phi) is 5.07.